The number of fused-ring (bicyclic) bond motifs is 1. The van der Waals surface area contributed by atoms with Crippen molar-refractivity contribution in [3.8, 4) is 11.3 Å². The first-order valence-corrected chi connectivity index (χ1v) is 6.66. The molecule has 0 aliphatic heterocycles. The van der Waals surface area contributed by atoms with Crippen LogP contribution in [0.15, 0.2) is 30.5 Å². The highest BCUT2D eigenvalue weighted by Gasteiger charge is 2.17. The molecule has 0 atom stereocenters. The Morgan fingerprint density at radius 2 is 1.86 bits per heavy atom. The van der Waals surface area contributed by atoms with Crippen LogP contribution in [0.25, 0.3) is 22.3 Å². The van der Waals surface area contributed by atoms with E-state index in [-0.39, 0.29) is 5.56 Å². The first-order valence-electron chi connectivity index (χ1n) is 6.66. The molecule has 0 saturated carbocycles. The maximum absolute atomic E-state index is 13.3. The highest BCUT2D eigenvalue weighted by atomic mass is 19.3. The fraction of sp³-hybridized carbons (Fsp3) is 0.250. The van der Waals surface area contributed by atoms with Crippen LogP contribution in [-0.2, 0) is 7.05 Å². The Morgan fingerprint density at radius 3 is 2.52 bits per heavy atom. The number of pyridine rings is 1. The second-order valence-corrected chi connectivity index (χ2v) is 5.20. The van der Waals surface area contributed by atoms with E-state index >= 15 is 0 Å². The Morgan fingerprint density at radius 1 is 1.10 bits per heavy atom. The second-order valence-electron chi connectivity index (χ2n) is 5.20. The van der Waals surface area contributed by atoms with Crippen LogP contribution < -0.4 is 0 Å². The molecule has 0 unspecified atom stereocenters. The zero-order valence-corrected chi connectivity index (χ0v) is 12.1. The van der Waals surface area contributed by atoms with Gasteiger partial charge in [0.1, 0.15) is 0 Å². The Bertz CT molecular complexity index is 822. The molecule has 3 nitrogen and oxygen atoms in total. The van der Waals surface area contributed by atoms with Crippen molar-refractivity contribution in [1.29, 1.82) is 0 Å². The van der Waals surface area contributed by atoms with Crippen molar-refractivity contribution in [1.82, 2.24) is 14.8 Å². The molecule has 21 heavy (non-hydrogen) atoms. The average molecular weight is 287 g/mol. The van der Waals surface area contributed by atoms with Gasteiger partial charge in [-0.25, -0.2) is 13.8 Å². The van der Waals surface area contributed by atoms with Crippen molar-refractivity contribution in [2.75, 3.05) is 0 Å². The van der Waals surface area contributed by atoms with Crippen molar-refractivity contribution >= 4 is 11.0 Å². The largest absolute Gasteiger partial charge is 0.264 e. The summed E-state index contributed by atoms with van der Waals surface area (Å²) in [6, 6.07) is 7.30. The molecule has 108 valence electrons. The first kappa shape index (κ1) is 13.7. The summed E-state index contributed by atoms with van der Waals surface area (Å²) in [4.78, 5) is 4.49. The van der Waals surface area contributed by atoms with E-state index in [4.69, 9.17) is 0 Å². The average Bonchev–Trinajstić information content (AvgIpc) is 2.82. The maximum atomic E-state index is 13.3. The predicted octanol–water partition coefficient (Wildman–Crippen LogP) is 4.19. The maximum Gasteiger partial charge on any atom is 0.264 e. The fourth-order valence-electron chi connectivity index (χ4n) is 2.37. The molecule has 2 aromatic heterocycles. The molecule has 0 fully saturated rings. The molecular formula is C16H15F2N3. The molecule has 0 saturated heterocycles. The van der Waals surface area contributed by atoms with Crippen molar-refractivity contribution < 1.29 is 8.78 Å². The van der Waals surface area contributed by atoms with Gasteiger partial charge in [0.05, 0.1) is 11.9 Å². The van der Waals surface area contributed by atoms with Crippen LogP contribution in [-0.4, -0.2) is 14.8 Å². The van der Waals surface area contributed by atoms with Crippen LogP contribution in [0.1, 0.15) is 23.1 Å². The van der Waals surface area contributed by atoms with Crippen molar-refractivity contribution in [3.05, 3.63) is 47.2 Å². The minimum atomic E-state index is -2.55. The fourth-order valence-corrected chi connectivity index (χ4v) is 2.37. The van der Waals surface area contributed by atoms with E-state index in [2.05, 4.69) is 10.1 Å². The number of benzene rings is 1. The van der Waals surface area contributed by atoms with Gasteiger partial charge in [-0.1, -0.05) is 12.1 Å². The number of aromatic nitrogens is 3. The molecule has 1 aromatic carbocycles. The third-order valence-corrected chi connectivity index (χ3v) is 3.77. The first-order chi connectivity index (χ1) is 9.97. The SMILES string of the molecule is Cc1ccc(-c2cc(C(F)F)c3cnn(C)c3n2)cc1C. The number of aryl methyl sites for hydroxylation is 3. The number of nitrogens with zero attached hydrogens (tertiary/aromatic N) is 3. The zero-order chi connectivity index (χ0) is 15.1. The highest BCUT2D eigenvalue weighted by molar-refractivity contribution is 5.82. The summed E-state index contributed by atoms with van der Waals surface area (Å²) in [6.07, 6.45) is -1.11. The quantitative estimate of drug-likeness (QED) is 0.707. The molecule has 0 N–H and O–H groups in total. The minimum absolute atomic E-state index is 0.0265. The molecule has 2 heterocycles. The molecule has 0 aliphatic carbocycles. The van der Waals surface area contributed by atoms with Crippen molar-refractivity contribution in [3.63, 3.8) is 0 Å². The van der Waals surface area contributed by atoms with Gasteiger partial charge in [-0.3, -0.25) is 4.68 Å². The Labute approximate surface area is 121 Å². The van der Waals surface area contributed by atoms with E-state index in [0.29, 0.717) is 16.7 Å². The lowest BCUT2D eigenvalue weighted by Gasteiger charge is -2.09. The summed E-state index contributed by atoms with van der Waals surface area (Å²) in [6.45, 7) is 4.01. The molecule has 0 spiro atoms. The number of rotatable bonds is 2. The van der Waals surface area contributed by atoms with E-state index in [1.807, 2.05) is 32.0 Å². The summed E-state index contributed by atoms with van der Waals surface area (Å²) in [5, 5.41) is 4.43. The highest BCUT2D eigenvalue weighted by Crippen LogP contribution is 2.31. The van der Waals surface area contributed by atoms with Crippen LogP contribution in [0.2, 0.25) is 0 Å². The Hall–Kier alpha value is -2.30. The van der Waals surface area contributed by atoms with Crippen molar-refractivity contribution in [2.45, 2.75) is 20.3 Å². The number of hydrogen-bond donors (Lipinski definition) is 0. The monoisotopic (exact) mass is 287 g/mol. The summed E-state index contributed by atoms with van der Waals surface area (Å²) >= 11 is 0. The topological polar surface area (TPSA) is 30.7 Å². The minimum Gasteiger partial charge on any atom is -0.250 e. The zero-order valence-electron chi connectivity index (χ0n) is 12.1. The molecule has 3 aromatic rings. The molecule has 5 heteroatoms. The van der Waals surface area contributed by atoms with Gasteiger partial charge in [0, 0.05) is 23.6 Å². The van der Waals surface area contributed by atoms with Crippen LogP contribution in [0.3, 0.4) is 0 Å². The standard InChI is InChI=1S/C16H15F2N3/c1-9-4-5-11(6-10(9)2)14-7-12(15(17)18)13-8-19-21(3)16(13)20-14/h4-8,15H,1-3H3. The van der Waals surface area contributed by atoms with Gasteiger partial charge in [0.2, 0.25) is 0 Å². The third-order valence-electron chi connectivity index (χ3n) is 3.77. The van der Waals surface area contributed by atoms with E-state index < -0.39 is 6.43 Å². The Balaban J connectivity index is 2.27. The molecule has 0 amide bonds. The lowest BCUT2D eigenvalue weighted by molar-refractivity contribution is 0.153. The van der Waals surface area contributed by atoms with Crippen LogP contribution in [0.5, 0.6) is 0 Å². The summed E-state index contributed by atoms with van der Waals surface area (Å²) in [5.41, 5.74) is 4.10. The van der Waals surface area contributed by atoms with Gasteiger partial charge < -0.3 is 0 Å². The summed E-state index contributed by atoms with van der Waals surface area (Å²) < 4.78 is 28.1. The Kier molecular flexibility index (Phi) is 3.20. The van der Waals surface area contributed by atoms with E-state index in [0.717, 1.165) is 16.7 Å². The van der Waals surface area contributed by atoms with E-state index in [9.17, 15) is 8.78 Å². The molecular weight excluding hydrogens is 272 g/mol. The van der Waals surface area contributed by atoms with Crippen LogP contribution >= 0.6 is 0 Å². The second kappa shape index (κ2) is 4.91. The number of hydrogen-bond acceptors (Lipinski definition) is 2. The van der Waals surface area contributed by atoms with Gasteiger partial charge >= 0.3 is 0 Å². The van der Waals surface area contributed by atoms with Gasteiger partial charge in [-0.15, -0.1) is 0 Å². The third kappa shape index (κ3) is 2.28. The molecule has 0 radical (unpaired) electrons. The molecule has 0 bridgehead atoms. The van der Waals surface area contributed by atoms with Crippen molar-refractivity contribution in [2.24, 2.45) is 7.05 Å². The normalized spacial score (nSPS) is 11.5. The van der Waals surface area contributed by atoms with Gasteiger partial charge in [0.15, 0.2) is 5.65 Å². The van der Waals surface area contributed by atoms with Crippen LogP contribution in [0, 0.1) is 13.8 Å². The lowest BCUT2D eigenvalue weighted by Crippen LogP contribution is -1.97. The van der Waals surface area contributed by atoms with Crippen LogP contribution in [0.4, 0.5) is 8.78 Å². The number of halogens is 2. The van der Waals surface area contributed by atoms with Gasteiger partial charge in [-0.05, 0) is 37.1 Å². The smallest absolute Gasteiger partial charge is 0.250 e. The lowest BCUT2D eigenvalue weighted by atomic mass is 10.0. The number of alkyl halides is 2. The van der Waals surface area contributed by atoms with E-state index in [1.54, 1.807) is 7.05 Å². The summed E-state index contributed by atoms with van der Waals surface area (Å²) in [7, 11) is 1.70. The summed E-state index contributed by atoms with van der Waals surface area (Å²) in [5.74, 6) is 0. The molecule has 3 rings (SSSR count). The molecule has 0 aliphatic rings. The van der Waals surface area contributed by atoms with Gasteiger partial charge in [-0.2, -0.15) is 5.10 Å². The predicted molar refractivity (Wildman–Crippen MR) is 78.4 cm³/mol. The van der Waals surface area contributed by atoms with Gasteiger partial charge in [0.25, 0.3) is 6.43 Å². The van der Waals surface area contributed by atoms with E-state index in [1.165, 1.54) is 16.9 Å².